The maximum absolute atomic E-state index is 15.4. The Kier molecular flexibility index (Phi) is 4.33. The number of halogens is 1. The number of hydrogen-bond acceptors (Lipinski definition) is 5. The van der Waals surface area contributed by atoms with Gasteiger partial charge < -0.3 is 10.2 Å². The lowest BCUT2D eigenvalue weighted by molar-refractivity contribution is 0.253. The maximum atomic E-state index is 15.4. The minimum absolute atomic E-state index is 0.0135. The largest absolute Gasteiger partial charge is 0.504 e. The molecule has 0 spiro atoms. The fourth-order valence-corrected chi connectivity index (χ4v) is 6.46. The van der Waals surface area contributed by atoms with Gasteiger partial charge >= 0.3 is 5.69 Å². The lowest BCUT2D eigenvalue weighted by atomic mass is 9.80. The molecule has 0 bridgehead atoms. The van der Waals surface area contributed by atoms with Gasteiger partial charge in [-0.05, 0) is 43.7 Å². The summed E-state index contributed by atoms with van der Waals surface area (Å²) < 4.78 is 16.9. The predicted molar refractivity (Wildman–Crippen MR) is 108 cm³/mol. The highest BCUT2D eigenvalue weighted by Crippen LogP contribution is 2.51. The summed E-state index contributed by atoms with van der Waals surface area (Å²) in [5.41, 5.74) is 0.130. The van der Waals surface area contributed by atoms with Crippen molar-refractivity contribution >= 4 is 17.1 Å². The molecule has 1 fully saturated rings. The first-order valence-corrected chi connectivity index (χ1v) is 10.9. The molecular formula is C21H23FN2O4S. The molecule has 5 rings (SSSR count). The summed E-state index contributed by atoms with van der Waals surface area (Å²) >= 11 is 1.51. The van der Waals surface area contributed by atoms with E-state index in [1.54, 1.807) is 4.57 Å². The molecule has 3 unspecified atom stereocenters. The number of aromatic amines is 1. The zero-order chi connectivity index (χ0) is 20.4. The van der Waals surface area contributed by atoms with E-state index >= 15 is 4.39 Å². The number of hydrogen-bond donors (Lipinski definition) is 3. The summed E-state index contributed by atoms with van der Waals surface area (Å²) in [6, 6.07) is 1.94. The average Bonchev–Trinajstić information content (AvgIpc) is 3.43. The summed E-state index contributed by atoms with van der Waals surface area (Å²) in [6.45, 7) is 1.88. The molecule has 3 aliphatic rings. The van der Waals surface area contributed by atoms with E-state index < -0.39 is 34.7 Å². The first-order chi connectivity index (χ1) is 13.9. The molecule has 6 nitrogen and oxygen atoms in total. The van der Waals surface area contributed by atoms with Crippen LogP contribution in [0.4, 0.5) is 4.39 Å². The zero-order valence-corrected chi connectivity index (χ0v) is 16.9. The van der Waals surface area contributed by atoms with Crippen LogP contribution in [-0.4, -0.2) is 26.4 Å². The van der Waals surface area contributed by atoms with Crippen LogP contribution in [-0.2, 0) is 6.42 Å². The molecular weight excluding hydrogens is 395 g/mol. The average molecular weight is 418 g/mol. The number of aliphatic hydroxyl groups is 2. The van der Waals surface area contributed by atoms with Crippen molar-refractivity contribution in [3.63, 3.8) is 0 Å². The number of aromatic nitrogens is 2. The number of nitrogens with one attached hydrogen (secondary N) is 1. The second-order valence-corrected chi connectivity index (χ2v) is 9.55. The van der Waals surface area contributed by atoms with E-state index in [2.05, 4.69) is 4.98 Å². The smallest absolute Gasteiger partial charge is 0.328 e. The third-order valence-electron chi connectivity index (χ3n) is 6.55. The molecule has 0 aliphatic heterocycles. The first-order valence-electron chi connectivity index (χ1n) is 10.1. The van der Waals surface area contributed by atoms with Gasteiger partial charge in [-0.25, -0.2) is 9.18 Å². The number of allylic oxidation sites excluding steroid dienone is 1. The van der Waals surface area contributed by atoms with Crippen LogP contribution in [0.25, 0.3) is 5.76 Å². The van der Waals surface area contributed by atoms with Gasteiger partial charge in [0, 0.05) is 39.9 Å². The van der Waals surface area contributed by atoms with Gasteiger partial charge in [-0.15, -0.1) is 11.3 Å². The fraction of sp³-hybridized carbons (Fsp3) is 0.524. The van der Waals surface area contributed by atoms with Crippen molar-refractivity contribution in [3.05, 3.63) is 59.3 Å². The van der Waals surface area contributed by atoms with Crippen molar-refractivity contribution in [3.8, 4) is 0 Å². The van der Waals surface area contributed by atoms with E-state index in [1.165, 1.54) is 11.3 Å². The van der Waals surface area contributed by atoms with Gasteiger partial charge in [-0.1, -0.05) is 6.92 Å². The van der Waals surface area contributed by atoms with Gasteiger partial charge in [-0.2, -0.15) is 0 Å². The van der Waals surface area contributed by atoms with E-state index in [0.717, 1.165) is 47.4 Å². The molecule has 0 amide bonds. The molecule has 0 saturated heterocycles. The lowest BCUT2D eigenvalue weighted by Gasteiger charge is -2.31. The Morgan fingerprint density at radius 1 is 1.31 bits per heavy atom. The number of aliphatic hydroxyl groups excluding tert-OH is 2. The van der Waals surface area contributed by atoms with Crippen molar-refractivity contribution in [2.24, 2.45) is 0 Å². The Bertz CT molecular complexity index is 1140. The van der Waals surface area contributed by atoms with Crippen LogP contribution >= 0.6 is 11.3 Å². The number of H-pyrrole nitrogens is 1. The van der Waals surface area contributed by atoms with Crippen LogP contribution in [0.2, 0.25) is 0 Å². The summed E-state index contributed by atoms with van der Waals surface area (Å²) in [6.07, 6.45) is 4.45. The highest BCUT2D eigenvalue weighted by atomic mass is 32.1. The zero-order valence-electron chi connectivity index (χ0n) is 16.1. The molecule has 0 aromatic carbocycles. The van der Waals surface area contributed by atoms with E-state index in [0.29, 0.717) is 5.69 Å². The Morgan fingerprint density at radius 3 is 2.76 bits per heavy atom. The number of nitrogens with zero attached hydrogens (tertiary/aromatic N) is 1. The Hall–Kier alpha value is -2.19. The van der Waals surface area contributed by atoms with Crippen molar-refractivity contribution in [1.82, 2.24) is 9.55 Å². The summed E-state index contributed by atoms with van der Waals surface area (Å²) in [5, 5.41) is 20.3. The molecule has 2 heterocycles. The minimum atomic E-state index is -0.747. The topological polar surface area (TPSA) is 95.3 Å². The summed E-state index contributed by atoms with van der Waals surface area (Å²) in [7, 11) is 0. The second kappa shape index (κ2) is 6.67. The van der Waals surface area contributed by atoms with Crippen molar-refractivity contribution in [2.75, 3.05) is 6.61 Å². The number of aryl methyl sites for hydroxylation is 1. The molecule has 29 heavy (non-hydrogen) atoms. The number of thiophene rings is 1. The monoisotopic (exact) mass is 418 g/mol. The molecule has 3 aliphatic carbocycles. The van der Waals surface area contributed by atoms with Crippen LogP contribution in [0.15, 0.2) is 21.5 Å². The van der Waals surface area contributed by atoms with Gasteiger partial charge in [0.15, 0.2) is 11.6 Å². The second-order valence-electron chi connectivity index (χ2n) is 8.38. The minimum Gasteiger partial charge on any atom is -0.504 e. The molecule has 1 saturated carbocycles. The molecule has 154 valence electrons. The van der Waals surface area contributed by atoms with E-state index in [4.69, 9.17) is 0 Å². The Balaban J connectivity index is 1.69. The van der Waals surface area contributed by atoms with Gasteiger partial charge in [-0.3, -0.25) is 14.3 Å². The summed E-state index contributed by atoms with van der Waals surface area (Å²) in [4.78, 5) is 29.1. The third-order valence-corrected chi connectivity index (χ3v) is 7.84. The first kappa shape index (κ1) is 18.8. The van der Waals surface area contributed by atoms with Gasteiger partial charge in [0.1, 0.15) is 5.56 Å². The highest BCUT2D eigenvalue weighted by molar-refractivity contribution is 7.12. The molecule has 0 radical (unpaired) electrons. The van der Waals surface area contributed by atoms with Gasteiger partial charge in [0.25, 0.3) is 5.56 Å². The SMILES string of the molecule is CC1c2c(c(=O)[nH]c(=O)n2C2CC2)C(O)=C(F)C1c1cc2c(s1)CCCC2CO. The molecule has 2 aromatic heterocycles. The van der Waals surface area contributed by atoms with Crippen LogP contribution in [0.3, 0.4) is 0 Å². The van der Waals surface area contributed by atoms with Crippen LogP contribution < -0.4 is 11.2 Å². The van der Waals surface area contributed by atoms with E-state index in [9.17, 15) is 19.8 Å². The van der Waals surface area contributed by atoms with Crippen LogP contribution in [0, 0.1) is 0 Å². The molecule has 2 aromatic rings. The fourth-order valence-electron chi connectivity index (χ4n) is 4.97. The normalized spacial score (nSPS) is 26.4. The highest BCUT2D eigenvalue weighted by Gasteiger charge is 2.42. The number of fused-ring (bicyclic) bond motifs is 2. The Morgan fingerprint density at radius 2 is 2.07 bits per heavy atom. The van der Waals surface area contributed by atoms with Gasteiger partial charge in [0.2, 0.25) is 0 Å². The van der Waals surface area contributed by atoms with Crippen molar-refractivity contribution in [2.45, 2.75) is 62.8 Å². The predicted octanol–water partition coefficient (Wildman–Crippen LogP) is 3.44. The van der Waals surface area contributed by atoms with E-state index in [-0.39, 0.29) is 24.1 Å². The van der Waals surface area contributed by atoms with E-state index in [1.807, 2.05) is 13.0 Å². The third kappa shape index (κ3) is 2.76. The molecule has 8 heteroatoms. The van der Waals surface area contributed by atoms with Crippen molar-refractivity contribution < 1.29 is 14.6 Å². The Labute approximate surface area is 170 Å². The van der Waals surface area contributed by atoms with Crippen LogP contribution in [0.1, 0.15) is 83.0 Å². The maximum Gasteiger partial charge on any atom is 0.328 e. The van der Waals surface area contributed by atoms with Gasteiger partial charge in [0.05, 0.1) is 5.92 Å². The molecule has 3 N–H and O–H groups in total. The lowest BCUT2D eigenvalue weighted by Crippen LogP contribution is -2.38. The standard InChI is InChI=1S/C21H23FN2O4S/c1-9-15(14-7-12-10(8-25)3-2-4-13(12)29-14)17(22)19(26)16-18(9)24(11-5-6-11)21(28)23-20(16)27/h7,9-11,15,25-26H,2-6,8H2,1H3,(H,23,27,28). The van der Waals surface area contributed by atoms with Crippen LogP contribution in [0.5, 0.6) is 0 Å². The quantitative estimate of drug-likeness (QED) is 0.712. The molecule has 3 atom stereocenters. The van der Waals surface area contributed by atoms with Crippen molar-refractivity contribution in [1.29, 1.82) is 0 Å². The number of rotatable bonds is 3. The summed E-state index contributed by atoms with van der Waals surface area (Å²) in [5.74, 6) is -2.55.